The van der Waals surface area contributed by atoms with Gasteiger partial charge in [-0.3, -0.25) is 0 Å². The van der Waals surface area contributed by atoms with Crippen LogP contribution in [-0.2, 0) is 0 Å². The van der Waals surface area contributed by atoms with Crippen molar-refractivity contribution in [1.29, 1.82) is 0 Å². The Kier molecular flexibility index (Phi) is 2.88. The average molecular weight is 262 g/mol. The number of nitrogens with zero attached hydrogens (tertiary/aromatic N) is 2. The molecular formula is C15H16F2N2. The molecule has 0 unspecified atom stereocenters. The Balaban J connectivity index is 2.03. The van der Waals surface area contributed by atoms with Crippen LogP contribution in [0, 0.1) is 5.92 Å². The van der Waals surface area contributed by atoms with Gasteiger partial charge in [-0.1, -0.05) is 13.5 Å². The summed E-state index contributed by atoms with van der Waals surface area (Å²) in [5.74, 6) is 1.31. The molecule has 1 aliphatic carbocycles. The first-order chi connectivity index (χ1) is 9.08. The number of anilines is 1. The van der Waals surface area contributed by atoms with E-state index in [1.165, 1.54) is 6.08 Å². The molecule has 100 valence electrons. The summed E-state index contributed by atoms with van der Waals surface area (Å²) in [6, 6.07) is 3.75. The summed E-state index contributed by atoms with van der Waals surface area (Å²) in [5.41, 5.74) is 1.18. The first kappa shape index (κ1) is 12.3. The molecule has 0 spiro atoms. The Labute approximate surface area is 111 Å². The first-order valence-corrected chi connectivity index (χ1v) is 6.51. The standard InChI is InChI=1S/C15H16F2N2/c1-9-6-11(7-9)19-10(2)8-13(14(16)17)12-4-3-5-18-15(12)19/h3-5,8-9,11,14H,2,6-7H2,1H3. The topological polar surface area (TPSA) is 16.1 Å². The van der Waals surface area contributed by atoms with Gasteiger partial charge < -0.3 is 4.90 Å². The van der Waals surface area contributed by atoms with Crippen LogP contribution < -0.4 is 4.90 Å². The van der Waals surface area contributed by atoms with E-state index in [2.05, 4.69) is 18.5 Å². The zero-order valence-electron chi connectivity index (χ0n) is 10.8. The molecule has 0 bridgehead atoms. The molecule has 3 rings (SSSR count). The fourth-order valence-electron chi connectivity index (χ4n) is 2.94. The van der Waals surface area contributed by atoms with E-state index in [0.29, 0.717) is 29.0 Å². The maximum atomic E-state index is 13.1. The number of pyridine rings is 1. The number of hydrogen-bond donors (Lipinski definition) is 0. The van der Waals surface area contributed by atoms with Crippen LogP contribution in [0.15, 0.2) is 36.7 Å². The lowest BCUT2D eigenvalue weighted by atomic mass is 9.80. The fraction of sp³-hybridized carbons (Fsp3) is 0.400. The van der Waals surface area contributed by atoms with Crippen molar-refractivity contribution in [2.24, 2.45) is 5.92 Å². The molecule has 1 aliphatic heterocycles. The van der Waals surface area contributed by atoms with Gasteiger partial charge in [0.25, 0.3) is 6.43 Å². The third-order valence-corrected chi connectivity index (χ3v) is 3.91. The summed E-state index contributed by atoms with van der Waals surface area (Å²) < 4.78 is 26.2. The van der Waals surface area contributed by atoms with Gasteiger partial charge >= 0.3 is 0 Å². The highest BCUT2D eigenvalue weighted by Crippen LogP contribution is 2.42. The molecule has 4 heteroatoms. The van der Waals surface area contributed by atoms with Crippen molar-refractivity contribution in [2.45, 2.75) is 32.2 Å². The summed E-state index contributed by atoms with van der Waals surface area (Å²) >= 11 is 0. The molecule has 0 aromatic carbocycles. The molecule has 0 N–H and O–H groups in total. The summed E-state index contributed by atoms with van der Waals surface area (Å²) in [7, 11) is 0. The molecule has 1 aromatic rings. The first-order valence-electron chi connectivity index (χ1n) is 6.51. The van der Waals surface area contributed by atoms with Gasteiger partial charge in [0.1, 0.15) is 5.82 Å². The van der Waals surface area contributed by atoms with Crippen LogP contribution in [0.2, 0.25) is 0 Å². The smallest absolute Gasteiger partial charge is 0.264 e. The van der Waals surface area contributed by atoms with Gasteiger partial charge in [-0.2, -0.15) is 0 Å². The Bertz CT molecular complexity index is 545. The van der Waals surface area contributed by atoms with Gasteiger partial charge in [-0.25, -0.2) is 13.8 Å². The fourth-order valence-corrected chi connectivity index (χ4v) is 2.94. The number of halogens is 2. The summed E-state index contributed by atoms with van der Waals surface area (Å²) in [6.45, 7) is 6.13. The van der Waals surface area contributed by atoms with Gasteiger partial charge in [-0.15, -0.1) is 0 Å². The number of hydrogen-bond acceptors (Lipinski definition) is 2. The van der Waals surface area contributed by atoms with Crippen molar-refractivity contribution in [3.8, 4) is 0 Å². The highest BCUT2D eigenvalue weighted by atomic mass is 19.3. The number of fused-ring (bicyclic) bond motifs is 1. The zero-order chi connectivity index (χ0) is 13.6. The summed E-state index contributed by atoms with van der Waals surface area (Å²) in [4.78, 5) is 6.32. The Morgan fingerprint density at radius 3 is 2.79 bits per heavy atom. The Morgan fingerprint density at radius 1 is 1.42 bits per heavy atom. The monoisotopic (exact) mass is 262 g/mol. The molecule has 2 aliphatic rings. The molecule has 1 fully saturated rings. The lowest BCUT2D eigenvalue weighted by Crippen LogP contribution is -2.44. The van der Waals surface area contributed by atoms with Gasteiger partial charge in [0.15, 0.2) is 0 Å². The van der Waals surface area contributed by atoms with Crippen molar-refractivity contribution in [2.75, 3.05) is 4.90 Å². The molecule has 0 saturated heterocycles. The van der Waals surface area contributed by atoms with E-state index in [1.54, 1.807) is 18.3 Å². The molecule has 2 heterocycles. The minimum atomic E-state index is -2.50. The normalized spacial score (nSPS) is 26.0. The van der Waals surface area contributed by atoms with Crippen LogP contribution in [0.3, 0.4) is 0 Å². The number of rotatable bonds is 2. The third kappa shape index (κ3) is 1.95. The van der Waals surface area contributed by atoms with E-state index in [1.807, 2.05) is 4.90 Å². The molecule has 19 heavy (non-hydrogen) atoms. The molecule has 1 saturated carbocycles. The second-order valence-electron chi connectivity index (χ2n) is 5.37. The lowest BCUT2D eigenvalue weighted by molar-refractivity contribution is 0.214. The highest BCUT2D eigenvalue weighted by molar-refractivity contribution is 5.83. The molecule has 0 radical (unpaired) electrons. The van der Waals surface area contributed by atoms with E-state index in [4.69, 9.17) is 0 Å². The van der Waals surface area contributed by atoms with E-state index in [9.17, 15) is 8.78 Å². The van der Waals surface area contributed by atoms with E-state index in [0.717, 1.165) is 12.8 Å². The quantitative estimate of drug-likeness (QED) is 0.804. The van der Waals surface area contributed by atoms with Crippen LogP contribution in [0.1, 0.15) is 25.3 Å². The molecule has 1 aromatic heterocycles. The third-order valence-electron chi connectivity index (χ3n) is 3.91. The Morgan fingerprint density at radius 2 is 2.16 bits per heavy atom. The minimum absolute atomic E-state index is 0.0247. The van der Waals surface area contributed by atoms with Gasteiger partial charge in [-0.05, 0) is 37.0 Å². The Hall–Kier alpha value is -1.71. The van der Waals surface area contributed by atoms with E-state index in [-0.39, 0.29) is 5.57 Å². The molecule has 0 amide bonds. The minimum Gasteiger partial charge on any atom is -0.323 e. The van der Waals surface area contributed by atoms with Crippen LogP contribution in [0.5, 0.6) is 0 Å². The van der Waals surface area contributed by atoms with Crippen LogP contribution in [0.4, 0.5) is 14.6 Å². The molecule has 2 nitrogen and oxygen atoms in total. The van der Waals surface area contributed by atoms with Crippen molar-refractivity contribution in [3.63, 3.8) is 0 Å². The predicted octanol–water partition coefficient (Wildman–Crippen LogP) is 3.86. The van der Waals surface area contributed by atoms with Crippen LogP contribution in [-0.4, -0.2) is 17.5 Å². The molecule has 0 atom stereocenters. The van der Waals surface area contributed by atoms with Crippen LogP contribution in [0.25, 0.3) is 5.57 Å². The predicted molar refractivity (Wildman–Crippen MR) is 72.0 cm³/mol. The average Bonchev–Trinajstić information content (AvgIpc) is 2.35. The second kappa shape index (κ2) is 4.44. The number of alkyl halides is 2. The number of allylic oxidation sites excluding steroid dienone is 2. The maximum Gasteiger partial charge on any atom is 0.264 e. The van der Waals surface area contributed by atoms with Gasteiger partial charge in [0, 0.05) is 29.1 Å². The van der Waals surface area contributed by atoms with E-state index < -0.39 is 6.43 Å². The highest BCUT2D eigenvalue weighted by Gasteiger charge is 2.36. The van der Waals surface area contributed by atoms with Gasteiger partial charge in [0.05, 0.1) is 0 Å². The molecular weight excluding hydrogens is 246 g/mol. The van der Waals surface area contributed by atoms with Crippen molar-refractivity contribution in [3.05, 3.63) is 42.2 Å². The van der Waals surface area contributed by atoms with Crippen molar-refractivity contribution >= 4 is 11.4 Å². The van der Waals surface area contributed by atoms with Gasteiger partial charge in [0.2, 0.25) is 0 Å². The largest absolute Gasteiger partial charge is 0.323 e. The maximum absolute atomic E-state index is 13.1. The zero-order valence-corrected chi connectivity index (χ0v) is 10.8. The lowest BCUT2D eigenvalue weighted by Gasteiger charge is -2.44. The SMILES string of the molecule is C=C1C=C(C(F)F)c2cccnc2N1C1CC(C)C1. The van der Waals surface area contributed by atoms with Crippen molar-refractivity contribution in [1.82, 2.24) is 4.98 Å². The summed E-state index contributed by atoms with van der Waals surface area (Å²) in [6.07, 6.45) is 2.77. The van der Waals surface area contributed by atoms with E-state index >= 15 is 0 Å². The summed E-state index contributed by atoms with van der Waals surface area (Å²) in [5, 5.41) is 0. The second-order valence-corrected chi connectivity index (χ2v) is 5.37. The van der Waals surface area contributed by atoms with Crippen LogP contribution >= 0.6 is 0 Å². The number of aromatic nitrogens is 1. The van der Waals surface area contributed by atoms with Crippen molar-refractivity contribution < 1.29 is 8.78 Å².